The number of anilines is 1. The molecule has 0 bridgehead atoms. The highest BCUT2D eigenvalue weighted by molar-refractivity contribution is 6.00. The zero-order valence-corrected chi connectivity index (χ0v) is 17.7. The number of nitrogens with one attached hydrogen (secondary N) is 3. The minimum Gasteiger partial charge on any atom is -0.496 e. The van der Waals surface area contributed by atoms with Crippen molar-refractivity contribution in [3.8, 4) is 5.75 Å². The molecule has 0 aromatic heterocycles. The predicted octanol–water partition coefficient (Wildman–Crippen LogP) is 1.08. The number of hydrogen-bond donors (Lipinski definition) is 5. The highest BCUT2D eigenvalue weighted by Gasteiger charge is 2.27. The molecule has 1 heterocycles. The van der Waals surface area contributed by atoms with Gasteiger partial charge >= 0.3 is 0 Å². The molecule has 9 heteroatoms. The van der Waals surface area contributed by atoms with Crippen LogP contribution in [-0.2, 0) is 9.59 Å². The van der Waals surface area contributed by atoms with Crippen LogP contribution in [0.25, 0.3) is 10.8 Å². The number of amides is 2. The molecule has 2 aromatic rings. The number of carbonyl (C=O) groups excluding carboxylic acids is 2. The standard InChI is InChI=1S/C22H30N6O3/c1-31-19-13-15(12-14-6-2-3-7-16(14)19)27-21(30)18(9-5-11-26-22(23)24)28-20(29)17-8-4-10-25-17/h2-3,6-7,12-13,17-18,25H,4-5,8-11H2,1H3,(H,27,30)(H,28,29)(H4,23,24,26)/t17-,18+/m0/s1. The van der Waals surface area contributed by atoms with Crippen molar-refractivity contribution in [1.29, 1.82) is 0 Å². The number of ether oxygens (including phenoxy) is 1. The maximum Gasteiger partial charge on any atom is 0.246 e. The first-order chi connectivity index (χ1) is 15.0. The minimum atomic E-state index is -0.707. The fourth-order valence-electron chi connectivity index (χ4n) is 3.70. The molecule has 0 aliphatic carbocycles. The van der Waals surface area contributed by atoms with Crippen molar-refractivity contribution in [2.24, 2.45) is 16.5 Å². The van der Waals surface area contributed by atoms with E-state index in [2.05, 4.69) is 20.9 Å². The van der Waals surface area contributed by atoms with Gasteiger partial charge in [-0.05, 0) is 43.7 Å². The van der Waals surface area contributed by atoms with Crippen molar-refractivity contribution >= 4 is 34.2 Å². The van der Waals surface area contributed by atoms with Gasteiger partial charge in [-0.25, -0.2) is 0 Å². The fraction of sp³-hybridized carbons (Fsp3) is 0.409. The van der Waals surface area contributed by atoms with E-state index in [0.717, 1.165) is 30.2 Å². The topological polar surface area (TPSA) is 144 Å². The summed E-state index contributed by atoms with van der Waals surface area (Å²) < 4.78 is 5.48. The van der Waals surface area contributed by atoms with E-state index in [1.54, 1.807) is 13.2 Å². The third kappa shape index (κ3) is 6.08. The molecule has 166 valence electrons. The fourth-order valence-corrected chi connectivity index (χ4v) is 3.70. The Morgan fingerprint density at radius 3 is 2.81 bits per heavy atom. The molecule has 0 unspecified atom stereocenters. The smallest absolute Gasteiger partial charge is 0.246 e. The Hall–Kier alpha value is -3.33. The van der Waals surface area contributed by atoms with Crippen LogP contribution in [0.4, 0.5) is 5.69 Å². The number of fused-ring (bicyclic) bond motifs is 1. The predicted molar refractivity (Wildman–Crippen MR) is 122 cm³/mol. The molecule has 0 radical (unpaired) electrons. The van der Waals surface area contributed by atoms with Crippen LogP contribution in [-0.4, -0.2) is 50.1 Å². The van der Waals surface area contributed by atoms with Gasteiger partial charge in [0.1, 0.15) is 11.8 Å². The van der Waals surface area contributed by atoms with Crippen LogP contribution in [0, 0.1) is 0 Å². The molecule has 0 spiro atoms. The third-order valence-corrected chi connectivity index (χ3v) is 5.27. The molecule has 1 aliphatic heterocycles. The van der Waals surface area contributed by atoms with Gasteiger partial charge < -0.3 is 32.2 Å². The summed E-state index contributed by atoms with van der Waals surface area (Å²) in [6.07, 6.45) is 2.66. The van der Waals surface area contributed by atoms with Crippen LogP contribution < -0.4 is 32.2 Å². The van der Waals surface area contributed by atoms with Gasteiger partial charge in [-0.15, -0.1) is 0 Å². The average molecular weight is 427 g/mol. The summed E-state index contributed by atoms with van der Waals surface area (Å²) in [5.41, 5.74) is 11.3. The lowest BCUT2D eigenvalue weighted by Crippen LogP contribution is -2.49. The number of methoxy groups -OCH3 is 1. The van der Waals surface area contributed by atoms with Gasteiger partial charge in [-0.2, -0.15) is 0 Å². The van der Waals surface area contributed by atoms with E-state index in [1.807, 2.05) is 30.3 Å². The van der Waals surface area contributed by atoms with E-state index in [9.17, 15) is 9.59 Å². The zero-order valence-electron chi connectivity index (χ0n) is 17.7. The number of aliphatic imine (C=N–C) groups is 1. The number of guanidine groups is 1. The summed E-state index contributed by atoms with van der Waals surface area (Å²) in [4.78, 5) is 29.6. The Labute approximate surface area is 181 Å². The van der Waals surface area contributed by atoms with Crippen LogP contribution in [0.1, 0.15) is 25.7 Å². The molecule has 2 aromatic carbocycles. The summed E-state index contributed by atoms with van der Waals surface area (Å²) in [6, 6.07) is 10.4. The Morgan fingerprint density at radius 1 is 1.29 bits per heavy atom. The molecule has 2 atom stereocenters. The summed E-state index contributed by atoms with van der Waals surface area (Å²) in [5.74, 6) is 0.198. The van der Waals surface area contributed by atoms with Gasteiger partial charge in [0, 0.05) is 23.7 Å². The molecular formula is C22H30N6O3. The maximum atomic E-state index is 13.1. The van der Waals surface area contributed by atoms with Crippen molar-refractivity contribution in [2.45, 2.75) is 37.8 Å². The van der Waals surface area contributed by atoms with Gasteiger partial charge in [0.05, 0.1) is 13.2 Å². The lowest BCUT2D eigenvalue weighted by atomic mass is 10.1. The third-order valence-electron chi connectivity index (χ3n) is 5.27. The van der Waals surface area contributed by atoms with Crippen molar-refractivity contribution in [3.63, 3.8) is 0 Å². The van der Waals surface area contributed by atoms with Gasteiger partial charge in [-0.1, -0.05) is 24.3 Å². The SMILES string of the molecule is COc1cc(NC(=O)[C@@H](CCCN=C(N)N)NC(=O)[C@@H]2CCCN2)cc2ccccc12. The number of carbonyl (C=O) groups is 2. The van der Waals surface area contributed by atoms with Crippen molar-refractivity contribution in [1.82, 2.24) is 10.6 Å². The van der Waals surface area contributed by atoms with Crippen LogP contribution in [0.5, 0.6) is 5.75 Å². The van der Waals surface area contributed by atoms with E-state index in [1.165, 1.54) is 0 Å². The molecular weight excluding hydrogens is 396 g/mol. The van der Waals surface area contributed by atoms with E-state index < -0.39 is 6.04 Å². The first-order valence-electron chi connectivity index (χ1n) is 10.4. The Balaban J connectivity index is 1.74. The molecule has 3 rings (SSSR count). The number of nitrogens with two attached hydrogens (primary N) is 2. The molecule has 7 N–H and O–H groups in total. The van der Waals surface area contributed by atoms with Crippen LogP contribution in [0.15, 0.2) is 41.4 Å². The summed E-state index contributed by atoms with van der Waals surface area (Å²) >= 11 is 0. The van der Waals surface area contributed by atoms with E-state index in [4.69, 9.17) is 16.2 Å². The maximum absolute atomic E-state index is 13.1. The molecule has 1 saturated heterocycles. The normalized spacial score (nSPS) is 16.5. The number of hydrogen-bond acceptors (Lipinski definition) is 5. The Morgan fingerprint density at radius 2 is 2.10 bits per heavy atom. The molecule has 2 amide bonds. The molecule has 9 nitrogen and oxygen atoms in total. The monoisotopic (exact) mass is 426 g/mol. The lowest BCUT2D eigenvalue weighted by molar-refractivity contribution is -0.127. The first-order valence-corrected chi connectivity index (χ1v) is 10.4. The second-order valence-corrected chi connectivity index (χ2v) is 7.55. The van der Waals surface area contributed by atoms with Gasteiger partial charge in [0.25, 0.3) is 0 Å². The van der Waals surface area contributed by atoms with E-state index >= 15 is 0 Å². The zero-order chi connectivity index (χ0) is 22.2. The second-order valence-electron chi connectivity index (χ2n) is 7.55. The largest absolute Gasteiger partial charge is 0.496 e. The summed E-state index contributed by atoms with van der Waals surface area (Å²) in [7, 11) is 1.59. The highest BCUT2D eigenvalue weighted by Crippen LogP contribution is 2.29. The van der Waals surface area contributed by atoms with E-state index in [0.29, 0.717) is 30.8 Å². The number of rotatable bonds is 9. The molecule has 1 aliphatic rings. The second kappa shape index (κ2) is 10.6. The van der Waals surface area contributed by atoms with Crippen LogP contribution in [0.3, 0.4) is 0 Å². The highest BCUT2D eigenvalue weighted by atomic mass is 16.5. The quantitative estimate of drug-likeness (QED) is 0.231. The van der Waals surface area contributed by atoms with Crippen molar-refractivity contribution < 1.29 is 14.3 Å². The van der Waals surface area contributed by atoms with Crippen LogP contribution in [0.2, 0.25) is 0 Å². The van der Waals surface area contributed by atoms with Crippen molar-refractivity contribution in [2.75, 3.05) is 25.5 Å². The molecule has 0 saturated carbocycles. The average Bonchev–Trinajstić information content (AvgIpc) is 3.30. The van der Waals surface area contributed by atoms with Crippen LogP contribution >= 0.6 is 0 Å². The molecule has 31 heavy (non-hydrogen) atoms. The van der Waals surface area contributed by atoms with Gasteiger partial charge in [-0.3, -0.25) is 14.6 Å². The number of nitrogens with zero attached hydrogens (tertiary/aromatic N) is 1. The lowest BCUT2D eigenvalue weighted by Gasteiger charge is -2.21. The van der Waals surface area contributed by atoms with Gasteiger partial charge in [0.15, 0.2) is 5.96 Å². The summed E-state index contributed by atoms with van der Waals surface area (Å²) in [5, 5.41) is 10.8. The Bertz CT molecular complexity index is 951. The number of benzene rings is 2. The first kappa shape index (κ1) is 22.4. The minimum absolute atomic E-state index is 0.00320. The van der Waals surface area contributed by atoms with Gasteiger partial charge in [0.2, 0.25) is 11.8 Å². The Kier molecular flexibility index (Phi) is 7.66. The van der Waals surface area contributed by atoms with Crippen molar-refractivity contribution in [3.05, 3.63) is 36.4 Å². The van der Waals surface area contributed by atoms with E-state index in [-0.39, 0.29) is 23.8 Å². The molecule has 1 fully saturated rings. The summed E-state index contributed by atoms with van der Waals surface area (Å²) in [6.45, 7) is 1.18.